The number of benzene rings is 1. The van der Waals surface area contributed by atoms with Crippen molar-refractivity contribution in [3.8, 4) is 17.3 Å². The van der Waals surface area contributed by atoms with Gasteiger partial charge in [-0.05, 0) is 57.9 Å². The van der Waals surface area contributed by atoms with Crippen molar-refractivity contribution >= 4 is 49.7 Å². The minimum atomic E-state index is -0.340. The van der Waals surface area contributed by atoms with Gasteiger partial charge < -0.3 is 20.0 Å². The van der Waals surface area contributed by atoms with Crippen LogP contribution in [0.25, 0.3) is 16.2 Å². The van der Waals surface area contributed by atoms with E-state index in [0.717, 1.165) is 34.6 Å². The normalized spacial score (nSPS) is 15.4. The number of nitrogens with one attached hydrogen (secondary N) is 1. The first-order valence-corrected chi connectivity index (χ1v) is 14.7. The highest BCUT2D eigenvalue weighted by molar-refractivity contribution is 7.20. The van der Waals surface area contributed by atoms with Gasteiger partial charge in [0, 0.05) is 38.3 Å². The number of fused-ring (bicyclic) bond motifs is 1. The van der Waals surface area contributed by atoms with Crippen LogP contribution < -0.4 is 15.1 Å². The van der Waals surface area contributed by atoms with Gasteiger partial charge in [-0.2, -0.15) is 9.78 Å². The topological polar surface area (TPSA) is 106 Å². The smallest absolute Gasteiger partial charge is 0.317 e. The number of halogens is 1. The van der Waals surface area contributed by atoms with Crippen molar-refractivity contribution in [2.24, 2.45) is 0 Å². The molecular formula is C27H32FN9OS2. The Balaban J connectivity index is 1.41. The zero-order valence-corrected chi connectivity index (χ0v) is 25.0. The van der Waals surface area contributed by atoms with E-state index in [4.69, 9.17) is 15.1 Å². The number of hydrogen-bond acceptors (Lipinski definition) is 9. The second kappa shape index (κ2) is 10.7. The molecule has 1 unspecified atom stereocenters. The van der Waals surface area contributed by atoms with E-state index in [1.807, 2.05) is 51.2 Å². The molecule has 3 aromatic heterocycles. The standard InChI is InChI=1S/C27H32FN9OS2/c1-7-19-22(35(6)24-31-21(20(14-29)39-24)16-8-10-17(28)11-9-16)37-25(30-19)40-26(33-37)36-13-12-18(15-36)34(5)23(38)32-27(2,3)4/h8-11,18H,7,12-13,15H2,1-6H3,(H,32,38). The molecule has 210 valence electrons. The van der Waals surface area contributed by atoms with Gasteiger partial charge in [-0.3, -0.25) is 0 Å². The lowest BCUT2D eigenvalue weighted by Gasteiger charge is -2.29. The summed E-state index contributed by atoms with van der Waals surface area (Å²) < 4.78 is 15.3. The minimum Gasteiger partial charge on any atom is -0.345 e. The monoisotopic (exact) mass is 581 g/mol. The average molecular weight is 582 g/mol. The minimum absolute atomic E-state index is 0.0787. The Morgan fingerprint density at radius 2 is 1.95 bits per heavy atom. The summed E-state index contributed by atoms with van der Waals surface area (Å²) in [7, 11) is 3.74. The Kier molecular flexibility index (Phi) is 7.41. The fourth-order valence-corrected chi connectivity index (χ4v) is 6.50. The van der Waals surface area contributed by atoms with Crippen LogP contribution in [-0.4, -0.2) is 69.3 Å². The number of amides is 2. The summed E-state index contributed by atoms with van der Waals surface area (Å²) in [5, 5.41) is 19.2. The van der Waals surface area contributed by atoms with Gasteiger partial charge in [0.15, 0.2) is 10.9 Å². The van der Waals surface area contributed by atoms with Crippen molar-refractivity contribution in [2.45, 2.75) is 52.1 Å². The van der Waals surface area contributed by atoms with Crippen LogP contribution in [-0.2, 0) is 6.42 Å². The number of carbonyl (C=O) groups excluding carboxylic acids is 1. The summed E-state index contributed by atoms with van der Waals surface area (Å²) in [6.07, 6.45) is 1.55. The van der Waals surface area contributed by atoms with Gasteiger partial charge >= 0.3 is 6.03 Å². The molecule has 0 radical (unpaired) electrons. The van der Waals surface area contributed by atoms with E-state index in [1.165, 1.54) is 34.8 Å². The van der Waals surface area contributed by atoms with E-state index in [2.05, 4.69) is 16.3 Å². The number of thiazole rings is 1. The zero-order valence-electron chi connectivity index (χ0n) is 23.4. The molecule has 1 atom stereocenters. The van der Waals surface area contributed by atoms with Gasteiger partial charge in [-0.25, -0.2) is 19.2 Å². The van der Waals surface area contributed by atoms with Crippen molar-refractivity contribution in [1.29, 1.82) is 5.26 Å². The average Bonchev–Trinajstić information content (AvgIpc) is 3.69. The summed E-state index contributed by atoms with van der Waals surface area (Å²) in [6.45, 7) is 9.44. The van der Waals surface area contributed by atoms with E-state index >= 15 is 0 Å². The molecule has 2 amide bonds. The third kappa shape index (κ3) is 5.33. The van der Waals surface area contributed by atoms with Crippen LogP contribution in [0.3, 0.4) is 0 Å². The third-order valence-corrected chi connectivity index (χ3v) is 8.80. The molecule has 1 saturated heterocycles. The summed E-state index contributed by atoms with van der Waals surface area (Å²) in [5.74, 6) is 0.453. The number of nitriles is 1. The maximum absolute atomic E-state index is 13.5. The molecule has 1 N–H and O–H groups in total. The van der Waals surface area contributed by atoms with E-state index in [0.29, 0.717) is 34.2 Å². The number of urea groups is 1. The quantitative estimate of drug-likeness (QED) is 0.331. The van der Waals surface area contributed by atoms with Crippen molar-refractivity contribution in [1.82, 2.24) is 29.8 Å². The lowest BCUT2D eigenvalue weighted by molar-refractivity contribution is 0.185. The molecule has 1 fully saturated rings. The molecular weight excluding hydrogens is 549 g/mol. The summed E-state index contributed by atoms with van der Waals surface area (Å²) in [5.41, 5.74) is 1.79. The number of likely N-dealkylation sites (N-methyl/N-ethyl adjacent to an activating group) is 1. The maximum atomic E-state index is 13.5. The van der Waals surface area contributed by atoms with Gasteiger partial charge in [-0.1, -0.05) is 29.6 Å². The summed E-state index contributed by atoms with van der Waals surface area (Å²) in [4.78, 5) is 29.4. The first kappa shape index (κ1) is 27.8. The molecule has 0 aliphatic carbocycles. The summed E-state index contributed by atoms with van der Waals surface area (Å²) in [6, 6.07) is 8.22. The van der Waals surface area contributed by atoms with Crippen LogP contribution in [0.1, 0.15) is 44.7 Å². The molecule has 5 rings (SSSR count). The molecule has 1 aromatic carbocycles. The molecule has 13 heteroatoms. The van der Waals surface area contributed by atoms with Crippen LogP contribution in [0.4, 0.5) is 25.3 Å². The van der Waals surface area contributed by atoms with Gasteiger partial charge in [0.05, 0.1) is 11.7 Å². The molecule has 0 bridgehead atoms. The van der Waals surface area contributed by atoms with Gasteiger partial charge in [0.2, 0.25) is 10.1 Å². The van der Waals surface area contributed by atoms with Crippen molar-refractivity contribution in [3.63, 3.8) is 0 Å². The lowest BCUT2D eigenvalue weighted by Crippen LogP contribution is -2.50. The summed E-state index contributed by atoms with van der Waals surface area (Å²) >= 11 is 2.79. The third-order valence-electron chi connectivity index (χ3n) is 6.80. The Hall–Kier alpha value is -3.76. The predicted octanol–water partition coefficient (Wildman–Crippen LogP) is 5.27. The van der Waals surface area contributed by atoms with Crippen LogP contribution >= 0.6 is 22.7 Å². The number of carbonyl (C=O) groups is 1. The fourth-order valence-electron chi connectivity index (χ4n) is 4.70. The SMILES string of the molecule is CCc1nc2sc(N3CCC(N(C)C(=O)NC(C)(C)C)C3)nn2c1N(C)c1nc(-c2ccc(F)cc2)c(C#N)s1. The predicted molar refractivity (Wildman–Crippen MR) is 157 cm³/mol. The Morgan fingerprint density at radius 3 is 2.60 bits per heavy atom. The molecule has 10 nitrogen and oxygen atoms in total. The van der Waals surface area contributed by atoms with E-state index in [-0.39, 0.29) is 23.4 Å². The first-order valence-electron chi connectivity index (χ1n) is 13.1. The largest absolute Gasteiger partial charge is 0.345 e. The van der Waals surface area contributed by atoms with Crippen LogP contribution in [0.2, 0.25) is 0 Å². The van der Waals surface area contributed by atoms with E-state index in [9.17, 15) is 14.4 Å². The number of rotatable bonds is 6. The van der Waals surface area contributed by atoms with Crippen molar-refractivity contribution in [3.05, 3.63) is 40.7 Å². The second-order valence-corrected chi connectivity index (χ2v) is 12.8. The second-order valence-electron chi connectivity index (χ2n) is 10.8. The highest BCUT2D eigenvalue weighted by Crippen LogP contribution is 2.38. The van der Waals surface area contributed by atoms with Gasteiger partial charge in [0.1, 0.15) is 22.5 Å². The molecule has 0 spiro atoms. The number of anilines is 3. The van der Waals surface area contributed by atoms with Crippen molar-refractivity contribution < 1.29 is 9.18 Å². The molecule has 40 heavy (non-hydrogen) atoms. The fraction of sp³-hybridized carbons (Fsp3) is 0.444. The Labute approximate surface area is 240 Å². The highest BCUT2D eigenvalue weighted by Gasteiger charge is 2.32. The molecule has 4 aromatic rings. The van der Waals surface area contributed by atoms with Gasteiger partial charge in [-0.15, -0.1) is 5.10 Å². The number of nitrogens with zero attached hydrogens (tertiary/aromatic N) is 8. The number of aryl methyl sites for hydroxylation is 1. The molecule has 4 heterocycles. The molecule has 1 aliphatic rings. The highest BCUT2D eigenvalue weighted by atomic mass is 32.1. The van der Waals surface area contributed by atoms with Crippen LogP contribution in [0, 0.1) is 17.1 Å². The zero-order chi connectivity index (χ0) is 28.8. The molecule has 0 saturated carbocycles. The van der Waals surface area contributed by atoms with Crippen molar-refractivity contribution in [2.75, 3.05) is 37.0 Å². The number of hydrogen-bond donors (Lipinski definition) is 1. The van der Waals surface area contributed by atoms with Crippen LogP contribution in [0.5, 0.6) is 0 Å². The maximum Gasteiger partial charge on any atom is 0.317 e. The first-order chi connectivity index (χ1) is 19.0. The molecule has 1 aliphatic heterocycles. The number of imidazole rings is 1. The van der Waals surface area contributed by atoms with Gasteiger partial charge in [0.25, 0.3) is 0 Å². The van der Waals surface area contributed by atoms with Crippen LogP contribution in [0.15, 0.2) is 24.3 Å². The Morgan fingerprint density at radius 1 is 1.23 bits per heavy atom. The lowest BCUT2D eigenvalue weighted by atomic mass is 10.1. The Bertz CT molecular complexity index is 1580. The van der Waals surface area contributed by atoms with E-state index < -0.39 is 0 Å². The number of aromatic nitrogens is 4. The van der Waals surface area contributed by atoms with E-state index in [1.54, 1.807) is 17.0 Å².